The van der Waals surface area contributed by atoms with Gasteiger partial charge in [-0.15, -0.1) is 0 Å². The van der Waals surface area contributed by atoms with Crippen molar-refractivity contribution in [1.82, 2.24) is 9.78 Å². The lowest BCUT2D eigenvalue weighted by Crippen LogP contribution is -2.15. The Morgan fingerprint density at radius 2 is 1.89 bits per heavy atom. The fourth-order valence-corrected chi connectivity index (χ4v) is 2.18. The summed E-state index contributed by atoms with van der Waals surface area (Å²) in [6.07, 6.45) is 4.47. The summed E-state index contributed by atoms with van der Waals surface area (Å²) in [6.45, 7) is 0. The van der Waals surface area contributed by atoms with E-state index in [2.05, 4.69) is 5.10 Å². The zero-order chi connectivity index (χ0) is 13.8. The normalized spacial score (nSPS) is 12.2. The first-order chi connectivity index (χ1) is 9.15. The number of benzene rings is 1. The van der Waals surface area contributed by atoms with E-state index in [1.165, 1.54) is 0 Å². The average Bonchev–Trinajstić information content (AvgIpc) is 2.82. The van der Waals surface area contributed by atoms with Crippen molar-refractivity contribution in [3.05, 3.63) is 41.7 Å². The zero-order valence-electron chi connectivity index (χ0n) is 11.5. The van der Waals surface area contributed by atoms with Crippen molar-refractivity contribution in [2.24, 2.45) is 12.8 Å². The maximum Gasteiger partial charge on any atom is 0.127 e. The predicted octanol–water partition coefficient (Wildman–Crippen LogP) is 1.68. The molecule has 0 aliphatic carbocycles. The van der Waals surface area contributed by atoms with Gasteiger partial charge in [0.05, 0.1) is 26.0 Å². The van der Waals surface area contributed by atoms with E-state index < -0.39 is 0 Å². The van der Waals surface area contributed by atoms with E-state index in [-0.39, 0.29) is 6.04 Å². The highest BCUT2D eigenvalue weighted by atomic mass is 16.5. The number of rotatable bonds is 5. The SMILES string of the molecule is COc1cccc(OC)c1C(N)Cc1cnn(C)c1. The molecule has 19 heavy (non-hydrogen) atoms. The van der Waals surface area contributed by atoms with Gasteiger partial charge in [0.25, 0.3) is 0 Å². The van der Waals surface area contributed by atoms with Crippen LogP contribution in [0.25, 0.3) is 0 Å². The van der Waals surface area contributed by atoms with Crippen molar-refractivity contribution in [1.29, 1.82) is 0 Å². The molecule has 0 radical (unpaired) electrons. The van der Waals surface area contributed by atoms with Crippen LogP contribution in [0.3, 0.4) is 0 Å². The Morgan fingerprint density at radius 3 is 2.37 bits per heavy atom. The van der Waals surface area contributed by atoms with Gasteiger partial charge >= 0.3 is 0 Å². The number of ether oxygens (including phenoxy) is 2. The van der Waals surface area contributed by atoms with Gasteiger partial charge in [-0.2, -0.15) is 5.10 Å². The summed E-state index contributed by atoms with van der Waals surface area (Å²) in [5, 5.41) is 4.15. The van der Waals surface area contributed by atoms with Crippen LogP contribution >= 0.6 is 0 Å². The van der Waals surface area contributed by atoms with E-state index in [0.29, 0.717) is 6.42 Å². The lowest BCUT2D eigenvalue weighted by Gasteiger charge is -2.18. The molecule has 0 bridgehead atoms. The number of nitrogens with two attached hydrogens (primary N) is 1. The molecule has 1 aromatic carbocycles. The van der Waals surface area contributed by atoms with E-state index in [9.17, 15) is 0 Å². The molecular formula is C14H19N3O2. The Bertz CT molecular complexity index is 529. The highest BCUT2D eigenvalue weighted by Gasteiger charge is 2.18. The van der Waals surface area contributed by atoms with Crippen LogP contribution in [0.4, 0.5) is 0 Å². The average molecular weight is 261 g/mol. The quantitative estimate of drug-likeness (QED) is 0.889. The van der Waals surface area contributed by atoms with Crippen LogP contribution in [0.1, 0.15) is 17.2 Å². The second-order valence-electron chi connectivity index (χ2n) is 4.41. The van der Waals surface area contributed by atoms with Gasteiger partial charge < -0.3 is 15.2 Å². The van der Waals surface area contributed by atoms with Crippen LogP contribution in [0.2, 0.25) is 0 Å². The molecule has 0 aliphatic heterocycles. The van der Waals surface area contributed by atoms with Crippen LogP contribution in [-0.4, -0.2) is 24.0 Å². The van der Waals surface area contributed by atoms with Crippen molar-refractivity contribution in [3.63, 3.8) is 0 Å². The fraction of sp³-hybridized carbons (Fsp3) is 0.357. The molecule has 1 aromatic heterocycles. The smallest absolute Gasteiger partial charge is 0.127 e. The zero-order valence-corrected chi connectivity index (χ0v) is 11.5. The van der Waals surface area contributed by atoms with Crippen molar-refractivity contribution in [2.75, 3.05) is 14.2 Å². The van der Waals surface area contributed by atoms with E-state index in [4.69, 9.17) is 15.2 Å². The number of hydrogen-bond donors (Lipinski definition) is 1. The van der Waals surface area contributed by atoms with E-state index in [1.54, 1.807) is 18.9 Å². The summed E-state index contributed by atoms with van der Waals surface area (Å²) in [6, 6.07) is 5.47. The Balaban J connectivity index is 2.29. The molecule has 1 unspecified atom stereocenters. The fourth-order valence-electron chi connectivity index (χ4n) is 2.18. The molecule has 0 saturated heterocycles. The summed E-state index contributed by atoms with van der Waals surface area (Å²) in [5.41, 5.74) is 8.26. The summed E-state index contributed by atoms with van der Waals surface area (Å²) in [7, 11) is 5.16. The topological polar surface area (TPSA) is 62.3 Å². The first-order valence-electron chi connectivity index (χ1n) is 6.09. The van der Waals surface area contributed by atoms with Crippen LogP contribution in [0, 0.1) is 0 Å². The minimum absolute atomic E-state index is 0.199. The van der Waals surface area contributed by atoms with E-state index >= 15 is 0 Å². The second-order valence-corrected chi connectivity index (χ2v) is 4.41. The molecule has 102 valence electrons. The van der Waals surface area contributed by atoms with E-state index in [0.717, 1.165) is 22.6 Å². The Hall–Kier alpha value is -2.01. The third kappa shape index (κ3) is 2.88. The van der Waals surface area contributed by atoms with Gasteiger partial charge in [-0.1, -0.05) is 6.07 Å². The largest absolute Gasteiger partial charge is 0.496 e. The third-order valence-electron chi connectivity index (χ3n) is 3.05. The Kier molecular flexibility index (Phi) is 4.06. The summed E-state index contributed by atoms with van der Waals surface area (Å²) < 4.78 is 12.5. The van der Waals surface area contributed by atoms with E-state index in [1.807, 2.05) is 37.6 Å². The maximum atomic E-state index is 6.29. The van der Waals surface area contributed by atoms with Gasteiger partial charge in [0.1, 0.15) is 11.5 Å². The molecule has 0 fully saturated rings. The first-order valence-corrected chi connectivity index (χ1v) is 6.09. The molecule has 2 rings (SSSR count). The van der Waals surface area contributed by atoms with Crippen LogP contribution in [0.15, 0.2) is 30.6 Å². The van der Waals surface area contributed by atoms with Crippen LogP contribution in [0.5, 0.6) is 11.5 Å². The molecule has 5 heteroatoms. The highest BCUT2D eigenvalue weighted by molar-refractivity contribution is 5.47. The summed E-state index contributed by atoms with van der Waals surface area (Å²) in [4.78, 5) is 0. The predicted molar refractivity (Wildman–Crippen MR) is 73.4 cm³/mol. The van der Waals surface area contributed by atoms with Gasteiger partial charge in [0, 0.05) is 19.3 Å². The lowest BCUT2D eigenvalue weighted by molar-refractivity contribution is 0.379. The Morgan fingerprint density at radius 1 is 1.26 bits per heavy atom. The number of methoxy groups -OCH3 is 2. The van der Waals surface area contributed by atoms with Crippen molar-refractivity contribution in [2.45, 2.75) is 12.5 Å². The monoisotopic (exact) mass is 261 g/mol. The second kappa shape index (κ2) is 5.75. The van der Waals surface area contributed by atoms with Gasteiger partial charge in [-0.3, -0.25) is 4.68 Å². The molecular weight excluding hydrogens is 242 g/mol. The van der Waals surface area contributed by atoms with Gasteiger partial charge in [0.15, 0.2) is 0 Å². The van der Waals surface area contributed by atoms with Gasteiger partial charge in [0.2, 0.25) is 0 Å². The third-order valence-corrected chi connectivity index (χ3v) is 3.05. The molecule has 0 spiro atoms. The molecule has 0 saturated carbocycles. The molecule has 1 heterocycles. The van der Waals surface area contributed by atoms with Gasteiger partial charge in [-0.25, -0.2) is 0 Å². The Labute approximate surface area is 112 Å². The number of hydrogen-bond acceptors (Lipinski definition) is 4. The standard InChI is InChI=1S/C14H19N3O2/c1-17-9-10(8-16-17)7-11(15)14-12(18-2)5-4-6-13(14)19-3/h4-6,8-9,11H,7,15H2,1-3H3. The summed E-state index contributed by atoms with van der Waals surface area (Å²) in [5.74, 6) is 1.49. The number of aromatic nitrogens is 2. The molecule has 0 amide bonds. The molecule has 2 N–H and O–H groups in total. The molecule has 1 atom stereocenters. The van der Waals surface area contributed by atoms with Crippen LogP contribution < -0.4 is 15.2 Å². The minimum atomic E-state index is -0.199. The van der Waals surface area contributed by atoms with Gasteiger partial charge in [-0.05, 0) is 24.1 Å². The number of aryl methyl sites for hydroxylation is 1. The lowest BCUT2D eigenvalue weighted by atomic mass is 9.99. The maximum absolute atomic E-state index is 6.29. The highest BCUT2D eigenvalue weighted by Crippen LogP contribution is 2.34. The van der Waals surface area contributed by atoms with Crippen molar-refractivity contribution >= 4 is 0 Å². The molecule has 0 aliphatic rings. The van der Waals surface area contributed by atoms with Crippen LogP contribution in [-0.2, 0) is 13.5 Å². The van der Waals surface area contributed by atoms with Crippen molar-refractivity contribution < 1.29 is 9.47 Å². The number of nitrogens with zero attached hydrogens (tertiary/aromatic N) is 2. The molecule has 2 aromatic rings. The molecule has 5 nitrogen and oxygen atoms in total. The summed E-state index contributed by atoms with van der Waals surface area (Å²) >= 11 is 0. The minimum Gasteiger partial charge on any atom is -0.496 e. The first kappa shape index (κ1) is 13.4. The van der Waals surface area contributed by atoms with Crippen molar-refractivity contribution in [3.8, 4) is 11.5 Å².